The Bertz CT molecular complexity index is 691. The molecule has 0 amide bonds. The Balaban J connectivity index is 1.77. The van der Waals surface area contributed by atoms with Gasteiger partial charge in [0, 0.05) is 16.5 Å². The number of Topliss-reactive ketones (excluding diaryl/α,β-unsaturated/α-hetero) is 1. The van der Waals surface area contributed by atoms with Crippen molar-refractivity contribution >= 4 is 17.1 Å². The third-order valence-electron chi connectivity index (χ3n) is 2.88. The Hall–Kier alpha value is -2.40. The lowest BCUT2D eigenvalue weighted by molar-refractivity contribution is 0.0922. The summed E-state index contributed by atoms with van der Waals surface area (Å²) in [5, 5.41) is 3.71. The van der Waals surface area contributed by atoms with Crippen LogP contribution in [0.3, 0.4) is 0 Å². The minimum absolute atomic E-state index is 0.0225. The molecular weight excluding hydrogens is 272 g/mol. The van der Waals surface area contributed by atoms with Gasteiger partial charge in [0.15, 0.2) is 6.61 Å². The number of ketones is 1. The van der Waals surface area contributed by atoms with Crippen molar-refractivity contribution in [3.05, 3.63) is 59.2 Å². The van der Waals surface area contributed by atoms with Crippen molar-refractivity contribution in [1.82, 2.24) is 9.97 Å². The molecule has 0 fully saturated rings. The quantitative estimate of drug-likeness (QED) is 0.731. The van der Waals surface area contributed by atoms with E-state index in [1.54, 1.807) is 18.6 Å². The van der Waals surface area contributed by atoms with Crippen LogP contribution in [0.25, 0.3) is 11.3 Å². The molecule has 0 aliphatic rings. The number of carbonyl (C=O) groups is 1. The van der Waals surface area contributed by atoms with Crippen molar-refractivity contribution < 1.29 is 9.53 Å². The van der Waals surface area contributed by atoms with E-state index < -0.39 is 0 Å². The summed E-state index contributed by atoms with van der Waals surface area (Å²) in [6.45, 7) is 0.0296. The summed E-state index contributed by atoms with van der Waals surface area (Å²) >= 11 is 1.50. The monoisotopic (exact) mass is 284 g/mol. The summed E-state index contributed by atoms with van der Waals surface area (Å²) in [5.74, 6) is 0.644. The predicted octanol–water partition coefficient (Wildman–Crippen LogP) is 3.40. The van der Waals surface area contributed by atoms with Crippen molar-refractivity contribution in [2.75, 3.05) is 6.61 Å². The van der Waals surface area contributed by atoms with E-state index in [0.717, 1.165) is 11.3 Å². The number of rotatable bonds is 5. The molecule has 2 heterocycles. The molecule has 0 spiro atoms. The smallest absolute Gasteiger partial charge is 0.201 e. The summed E-state index contributed by atoms with van der Waals surface area (Å²) in [7, 11) is 0. The van der Waals surface area contributed by atoms with Gasteiger partial charge in [0.05, 0.1) is 18.2 Å². The van der Waals surface area contributed by atoms with Crippen LogP contribution in [-0.4, -0.2) is 22.4 Å². The number of benzene rings is 1. The highest BCUT2D eigenvalue weighted by atomic mass is 32.1. The maximum absolute atomic E-state index is 11.9. The Labute approximate surface area is 120 Å². The number of nitrogens with zero attached hydrogens (tertiary/aromatic N) is 1. The zero-order chi connectivity index (χ0) is 13.8. The molecule has 1 N–H and O–H groups in total. The van der Waals surface area contributed by atoms with Gasteiger partial charge in [-0.05, 0) is 23.6 Å². The van der Waals surface area contributed by atoms with Gasteiger partial charge < -0.3 is 9.72 Å². The van der Waals surface area contributed by atoms with E-state index in [1.807, 2.05) is 35.0 Å². The highest BCUT2D eigenvalue weighted by molar-refractivity contribution is 7.08. The van der Waals surface area contributed by atoms with Crippen LogP contribution in [0.4, 0.5) is 0 Å². The van der Waals surface area contributed by atoms with Gasteiger partial charge in [-0.25, -0.2) is 4.98 Å². The van der Waals surface area contributed by atoms with Crippen molar-refractivity contribution in [1.29, 1.82) is 0 Å². The number of carbonyl (C=O) groups excluding carboxylic acids is 1. The molecule has 5 heteroatoms. The van der Waals surface area contributed by atoms with Crippen LogP contribution in [0.5, 0.6) is 5.75 Å². The molecule has 1 aromatic carbocycles. The number of hydrogen-bond acceptors (Lipinski definition) is 4. The molecule has 0 radical (unpaired) electrons. The van der Waals surface area contributed by atoms with Gasteiger partial charge in [-0.2, -0.15) is 11.3 Å². The van der Waals surface area contributed by atoms with Crippen molar-refractivity contribution in [3.63, 3.8) is 0 Å². The van der Waals surface area contributed by atoms with Crippen molar-refractivity contribution in [3.8, 4) is 17.0 Å². The number of imidazole rings is 1. The topological polar surface area (TPSA) is 55.0 Å². The van der Waals surface area contributed by atoms with Gasteiger partial charge >= 0.3 is 0 Å². The third kappa shape index (κ3) is 2.62. The lowest BCUT2D eigenvalue weighted by atomic mass is 10.1. The molecule has 0 aliphatic carbocycles. The molecule has 3 rings (SSSR count). The molecule has 0 aliphatic heterocycles. The minimum Gasteiger partial charge on any atom is -0.485 e. The largest absolute Gasteiger partial charge is 0.485 e. The number of nitrogens with one attached hydrogen (secondary N) is 1. The van der Waals surface area contributed by atoms with Gasteiger partial charge in [0.1, 0.15) is 5.75 Å². The first kappa shape index (κ1) is 12.6. The standard InChI is InChI=1S/C15H12N2O2S/c18-14(11-5-6-20-9-11)8-19-15-4-2-1-3-12(15)13-7-16-10-17-13/h1-7,9-10H,8H2,(H,16,17). The van der Waals surface area contributed by atoms with Crippen LogP contribution in [0.1, 0.15) is 10.4 Å². The third-order valence-corrected chi connectivity index (χ3v) is 3.56. The zero-order valence-electron chi connectivity index (χ0n) is 10.6. The van der Waals surface area contributed by atoms with Crippen LogP contribution in [-0.2, 0) is 0 Å². The zero-order valence-corrected chi connectivity index (χ0v) is 11.4. The average molecular weight is 284 g/mol. The van der Waals surface area contributed by atoms with Crippen molar-refractivity contribution in [2.24, 2.45) is 0 Å². The Kier molecular flexibility index (Phi) is 3.60. The average Bonchev–Trinajstić information content (AvgIpc) is 3.17. The SMILES string of the molecule is O=C(COc1ccccc1-c1cnc[nH]1)c1ccsc1. The van der Waals surface area contributed by atoms with E-state index in [4.69, 9.17) is 4.74 Å². The van der Waals surface area contributed by atoms with Gasteiger partial charge in [0.25, 0.3) is 0 Å². The first-order chi connectivity index (χ1) is 9.84. The lowest BCUT2D eigenvalue weighted by Crippen LogP contribution is -2.11. The number of H-pyrrole nitrogens is 1. The Morgan fingerprint density at radius 3 is 2.95 bits per heavy atom. The van der Waals surface area contributed by atoms with E-state index in [9.17, 15) is 4.79 Å². The Morgan fingerprint density at radius 2 is 2.20 bits per heavy atom. The second-order valence-corrected chi connectivity index (χ2v) is 4.97. The predicted molar refractivity (Wildman–Crippen MR) is 78.2 cm³/mol. The summed E-state index contributed by atoms with van der Waals surface area (Å²) < 4.78 is 5.65. The number of thiophene rings is 1. The van der Waals surface area contributed by atoms with Gasteiger partial charge in [-0.3, -0.25) is 4.79 Å². The normalized spacial score (nSPS) is 10.4. The van der Waals surface area contributed by atoms with E-state index >= 15 is 0 Å². The maximum atomic E-state index is 11.9. The van der Waals surface area contributed by atoms with Crippen LogP contribution >= 0.6 is 11.3 Å². The fourth-order valence-corrected chi connectivity index (χ4v) is 2.53. The highest BCUT2D eigenvalue weighted by Crippen LogP contribution is 2.27. The molecular formula is C15H12N2O2S. The number of aromatic nitrogens is 2. The van der Waals surface area contributed by atoms with E-state index in [2.05, 4.69) is 9.97 Å². The maximum Gasteiger partial charge on any atom is 0.201 e. The lowest BCUT2D eigenvalue weighted by Gasteiger charge is -2.09. The number of aromatic amines is 1. The molecule has 4 nitrogen and oxygen atoms in total. The molecule has 0 saturated heterocycles. The van der Waals surface area contributed by atoms with Crippen LogP contribution in [0.15, 0.2) is 53.6 Å². The number of para-hydroxylation sites is 1. The minimum atomic E-state index is -0.0225. The molecule has 0 bridgehead atoms. The summed E-state index contributed by atoms with van der Waals surface area (Å²) in [4.78, 5) is 19.0. The number of hydrogen-bond donors (Lipinski definition) is 1. The molecule has 3 aromatic rings. The second kappa shape index (κ2) is 5.71. The molecule has 0 unspecified atom stereocenters. The molecule has 20 heavy (non-hydrogen) atoms. The van der Waals surface area contributed by atoms with Gasteiger partial charge in [0.2, 0.25) is 5.78 Å². The van der Waals surface area contributed by atoms with Crippen LogP contribution in [0.2, 0.25) is 0 Å². The fraction of sp³-hybridized carbons (Fsp3) is 0.0667. The van der Waals surface area contributed by atoms with Crippen molar-refractivity contribution in [2.45, 2.75) is 0 Å². The van der Waals surface area contributed by atoms with E-state index in [0.29, 0.717) is 11.3 Å². The van der Waals surface area contributed by atoms with Gasteiger partial charge in [-0.15, -0.1) is 0 Å². The van der Waals surface area contributed by atoms with E-state index in [1.165, 1.54) is 11.3 Å². The molecule has 0 atom stereocenters. The first-order valence-electron chi connectivity index (χ1n) is 6.10. The second-order valence-electron chi connectivity index (χ2n) is 4.19. The summed E-state index contributed by atoms with van der Waals surface area (Å²) in [5.41, 5.74) is 2.45. The number of ether oxygens (including phenoxy) is 1. The van der Waals surface area contributed by atoms with Crippen LogP contribution < -0.4 is 4.74 Å². The fourth-order valence-electron chi connectivity index (χ4n) is 1.87. The first-order valence-corrected chi connectivity index (χ1v) is 7.05. The molecule has 2 aromatic heterocycles. The van der Waals surface area contributed by atoms with E-state index in [-0.39, 0.29) is 12.4 Å². The summed E-state index contributed by atoms with van der Waals surface area (Å²) in [6, 6.07) is 9.38. The molecule has 0 saturated carbocycles. The Morgan fingerprint density at radius 1 is 1.30 bits per heavy atom. The summed E-state index contributed by atoms with van der Waals surface area (Å²) in [6.07, 6.45) is 3.34. The highest BCUT2D eigenvalue weighted by Gasteiger charge is 2.10. The molecule has 100 valence electrons. The van der Waals surface area contributed by atoms with Crippen LogP contribution in [0, 0.1) is 0 Å². The van der Waals surface area contributed by atoms with Gasteiger partial charge in [-0.1, -0.05) is 12.1 Å².